The van der Waals surface area contributed by atoms with E-state index in [2.05, 4.69) is 10.3 Å². The second kappa shape index (κ2) is 6.75. The van der Waals surface area contributed by atoms with Crippen molar-refractivity contribution in [1.29, 1.82) is 10.5 Å². The molecule has 26 heavy (non-hydrogen) atoms. The zero-order valence-corrected chi connectivity index (χ0v) is 13.6. The van der Waals surface area contributed by atoms with E-state index in [9.17, 15) is 10.1 Å². The smallest absolute Gasteiger partial charge is 0.294 e. The van der Waals surface area contributed by atoms with Crippen molar-refractivity contribution < 1.29 is 9.66 Å². The molecule has 0 atom stereocenters. The number of nitro benzene ring substituents is 1. The van der Waals surface area contributed by atoms with Gasteiger partial charge in [0.05, 0.1) is 40.6 Å². The van der Waals surface area contributed by atoms with Crippen molar-refractivity contribution in [3.63, 3.8) is 0 Å². The highest BCUT2D eigenvalue weighted by Crippen LogP contribution is 2.31. The molecule has 0 radical (unpaired) electrons. The number of fused-ring (bicyclic) bond motifs is 1. The van der Waals surface area contributed by atoms with Gasteiger partial charge in [0.25, 0.3) is 5.69 Å². The van der Waals surface area contributed by atoms with Gasteiger partial charge in [-0.05, 0) is 24.3 Å². The van der Waals surface area contributed by atoms with Crippen molar-refractivity contribution in [2.45, 2.75) is 0 Å². The fourth-order valence-electron chi connectivity index (χ4n) is 2.48. The van der Waals surface area contributed by atoms with Crippen LogP contribution in [0.25, 0.3) is 10.9 Å². The number of anilines is 2. The first-order valence-electron chi connectivity index (χ1n) is 7.39. The Balaban J connectivity index is 2.05. The Morgan fingerprint density at radius 1 is 1.15 bits per heavy atom. The summed E-state index contributed by atoms with van der Waals surface area (Å²) in [4.78, 5) is 15.0. The highest BCUT2D eigenvalue weighted by atomic mass is 16.6. The molecular weight excluding hydrogens is 334 g/mol. The third kappa shape index (κ3) is 3.07. The van der Waals surface area contributed by atoms with E-state index in [1.165, 1.54) is 12.3 Å². The molecule has 0 aliphatic rings. The van der Waals surface area contributed by atoms with E-state index in [-0.39, 0.29) is 22.5 Å². The van der Waals surface area contributed by atoms with Crippen molar-refractivity contribution in [2.24, 2.45) is 0 Å². The lowest BCUT2D eigenvalue weighted by Gasteiger charge is -2.09. The minimum atomic E-state index is -0.607. The van der Waals surface area contributed by atoms with Crippen LogP contribution in [0, 0.1) is 32.8 Å². The van der Waals surface area contributed by atoms with E-state index < -0.39 is 4.92 Å². The van der Waals surface area contributed by atoms with Gasteiger partial charge in [0.1, 0.15) is 23.6 Å². The summed E-state index contributed by atoms with van der Waals surface area (Å²) in [6.07, 6.45) is 1.52. The lowest BCUT2D eigenvalue weighted by molar-refractivity contribution is -0.383. The highest BCUT2D eigenvalue weighted by molar-refractivity contribution is 5.84. The molecule has 3 aromatic rings. The van der Waals surface area contributed by atoms with Gasteiger partial charge in [-0.15, -0.1) is 0 Å². The van der Waals surface area contributed by atoms with Gasteiger partial charge in [0, 0.05) is 17.5 Å². The van der Waals surface area contributed by atoms with E-state index in [4.69, 9.17) is 15.3 Å². The Morgan fingerprint density at radius 2 is 1.88 bits per heavy atom. The molecule has 0 bridgehead atoms. The number of pyridine rings is 1. The zero-order valence-electron chi connectivity index (χ0n) is 13.6. The first-order chi connectivity index (χ1) is 12.5. The molecule has 0 unspecified atom stereocenters. The fourth-order valence-corrected chi connectivity index (χ4v) is 2.48. The molecule has 0 aliphatic heterocycles. The number of methoxy groups -OCH3 is 1. The van der Waals surface area contributed by atoms with Crippen molar-refractivity contribution in [2.75, 3.05) is 12.4 Å². The monoisotopic (exact) mass is 345 g/mol. The average Bonchev–Trinajstić information content (AvgIpc) is 2.66. The minimum Gasteiger partial charge on any atom is -0.497 e. The van der Waals surface area contributed by atoms with Crippen molar-refractivity contribution in [3.05, 3.63) is 63.8 Å². The third-order valence-corrected chi connectivity index (χ3v) is 3.74. The summed E-state index contributed by atoms with van der Waals surface area (Å²) in [5, 5.41) is 33.2. The van der Waals surface area contributed by atoms with Crippen LogP contribution in [0.1, 0.15) is 11.1 Å². The molecule has 1 N–H and O–H groups in total. The molecular formula is C18H11N5O3. The number of nitriles is 2. The second-order valence-corrected chi connectivity index (χ2v) is 5.30. The van der Waals surface area contributed by atoms with E-state index in [1.54, 1.807) is 31.4 Å². The van der Waals surface area contributed by atoms with Crippen LogP contribution in [-0.4, -0.2) is 17.0 Å². The molecule has 0 amide bonds. The summed E-state index contributed by atoms with van der Waals surface area (Å²) in [6.45, 7) is 0. The van der Waals surface area contributed by atoms with Crippen molar-refractivity contribution in [3.8, 4) is 17.9 Å². The van der Waals surface area contributed by atoms with Crippen LogP contribution in [0.15, 0.2) is 42.6 Å². The largest absolute Gasteiger partial charge is 0.497 e. The van der Waals surface area contributed by atoms with Crippen LogP contribution in [-0.2, 0) is 0 Å². The van der Waals surface area contributed by atoms with Crippen LogP contribution in [0.5, 0.6) is 5.75 Å². The molecule has 3 rings (SSSR count). The summed E-state index contributed by atoms with van der Waals surface area (Å²) in [5.74, 6) is 0.673. The summed E-state index contributed by atoms with van der Waals surface area (Å²) < 4.78 is 5.15. The predicted molar refractivity (Wildman–Crippen MR) is 94.1 cm³/mol. The Morgan fingerprint density at radius 3 is 2.54 bits per heavy atom. The summed E-state index contributed by atoms with van der Waals surface area (Å²) >= 11 is 0. The number of ether oxygens (including phenoxy) is 1. The van der Waals surface area contributed by atoms with E-state index in [1.807, 2.05) is 12.1 Å². The van der Waals surface area contributed by atoms with E-state index in [0.29, 0.717) is 17.0 Å². The van der Waals surface area contributed by atoms with Gasteiger partial charge >= 0.3 is 0 Å². The molecule has 0 saturated carbocycles. The molecule has 0 aliphatic carbocycles. The Labute approximate surface area is 148 Å². The van der Waals surface area contributed by atoms with E-state index in [0.717, 1.165) is 11.5 Å². The number of hydrogen-bond donors (Lipinski definition) is 1. The van der Waals surface area contributed by atoms with Crippen LogP contribution >= 0.6 is 0 Å². The SMILES string of the molecule is COc1ccc2cc(Nc3cc(C#N)c(C#N)cc3[N+](=O)[O-])cnc2c1. The minimum absolute atomic E-state index is 0.0477. The average molecular weight is 345 g/mol. The first kappa shape index (κ1) is 16.7. The molecule has 8 heteroatoms. The van der Waals surface area contributed by atoms with Gasteiger partial charge < -0.3 is 10.1 Å². The van der Waals surface area contributed by atoms with Gasteiger partial charge in [-0.2, -0.15) is 10.5 Å². The van der Waals surface area contributed by atoms with Crippen LogP contribution in [0.3, 0.4) is 0 Å². The molecule has 2 aromatic carbocycles. The summed E-state index contributed by atoms with van der Waals surface area (Å²) in [5.41, 5.74) is 1.05. The Hall–Kier alpha value is -4.17. The topological polar surface area (TPSA) is 125 Å². The zero-order chi connectivity index (χ0) is 18.7. The van der Waals surface area contributed by atoms with Gasteiger partial charge in [-0.3, -0.25) is 15.1 Å². The van der Waals surface area contributed by atoms with Crippen LogP contribution in [0.4, 0.5) is 17.1 Å². The summed E-state index contributed by atoms with van der Waals surface area (Å²) in [6, 6.07) is 13.2. The normalized spacial score (nSPS) is 9.96. The van der Waals surface area contributed by atoms with Crippen molar-refractivity contribution in [1.82, 2.24) is 4.98 Å². The number of nitro groups is 1. The van der Waals surface area contributed by atoms with Gasteiger partial charge in [-0.25, -0.2) is 0 Å². The predicted octanol–water partition coefficient (Wildman–Crippen LogP) is 3.64. The standard InChI is InChI=1S/C18H11N5O3/c1-26-15-3-2-11-4-14(10-21-16(11)7-15)22-17-5-12(8-19)13(9-20)6-18(17)23(24)25/h2-7,10,22H,1H3. The van der Waals surface area contributed by atoms with E-state index >= 15 is 0 Å². The lowest BCUT2D eigenvalue weighted by atomic mass is 10.1. The fraction of sp³-hybridized carbons (Fsp3) is 0.0556. The molecule has 0 saturated heterocycles. The lowest BCUT2D eigenvalue weighted by Crippen LogP contribution is -2.00. The molecule has 126 valence electrons. The molecule has 0 spiro atoms. The number of benzene rings is 2. The number of rotatable bonds is 4. The number of nitrogens with one attached hydrogen (secondary N) is 1. The molecule has 8 nitrogen and oxygen atoms in total. The quantitative estimate of drug-likeness (QED) is 0.565. The maximum atomic E-state index is 11.3. The third-order valence-electron chi connectivity index (χ3n) is 3.74. The maximum Gasteiger partial charge on any atom is 0.294 e. The second-order valence-electron chi connectivity index (χ2n) is 5.30. The highest BCUT2D eigenvalue weighted by Gasteiger charge is 2.18. The molecule has 1 heterocycles. The van der Waals surface area contributed by atoms with Gasteiger partial charge in [-0.1, -0.05) is 0 Å². The molecule has 0 fully saturated rings. The van der Waals surface area contributed by atoms with Crippen molar-refractivity contribution >= 4 is 28.0 Å². The Kier molecular flexibility index (Phi) is 4.33. The van der Waals surface area contributed by atoms with Gasteiger partial charge in [0.15, 0.2) is 0 Å². The van der Waals surface area contributed by atoms with Crippen LogP contribution < -0.4 is 10.1 Å². The number of nitrogens with zero attached hydrogens (tertiary/aromatic N) is 4. The summed E-state index contributed by atoms with van der Waals surface area (Å²) in [7, 11) is 1.56. The maximum absolute atomic E-state index is 11.3. The molecule has 1 aromatic heterocycles. The first-order valence-corrected chi connectivity index (χ1v) is 7.39. The number of aromatic nitrogens is 1. The number of hydrogen-bond acceptors (Lipinski definition) is 7. The Bertz CT molecular complexity index is 1110. The van der Waals surface area contributed by atoms with Gasteiger partial charge in [0.2, 0.25) is 0 Å². The van der Waals surface area contributed by atoms with Crippen LogP contribution in [0.2, 0.25) is 0 Å².